The lowest BCUT2D eigenvalue weighted by atomic mass is 10.2. The topological polar surface area (TPSA) is 65.2 Å². The summed E-state index contributed by atoms with van der Waals surface area (Å²) in [4.78, 5) is 8.36. The van der Waals surface area contributed by atoms with Crippen molar-refractivity contribution in [3.63, 3.8) is 0 Å². The fourth-order valence-electron chi connectivity index (χ4n) is 1.67. The quantitative estimate of drug-likeness (QED) is 0.657. The standard InChI is InChI=1S/C16H15ClN2O2/c17-14-6-3-5-13(16(14)21)11-19-9-8-18-10-12-4-1-2-7-15(12)20/h1-7,10-11,20-21H,8-9H2. The van der Waals surface area contributed by atoms with Crippen LogP contribution in [0, 0.1) is 0 Å². The van der Waals surface area contributed by atoms with E-state index in [0.717, 1.165) is 0 Å². The molecular formula is C16H15ClN2O2. The summed E-state index contributed by atoms with van der Waals surface area (Å²) in [7, 11) is 0. The van der Waals surface area contributed by atoms with Gasteiger partial charge in [0.15, 0.2) is 0 Å². The molecule has 0 aliphatic carbocycles. The van der Waals surface area contributed by atoms with Gasteiger partial charge in [0.1, 0.15) is 11.5 Å². The summed E-state index contributed by atoms with van der Waals surface area (Å²) in [6.45, 7) is 0.974. The molecule has 2 aromatic carbocycles. The number of aliphatic imine (C=N–C) groups is 2. The summed E-state index contributed by atoms with van der Waals surface area (Å²) in [6, 6.07) is 12.1. The number of nitrogens with zero attached hydrogens (tertiary/aromatic N) is 2. The molecule has 0 saturated carbocycles. The molecule has 2 aromatic rings. The Morgan fingerprint density at radius 2 is 1.48 bits per heavy atom. The molecule has 0 unspecified atom stereocenters. The molecule has 0 bridgehead atoms. The molecule has 0 aliphatic rings. The second-order valence-electron chi connectivity index (χ2n) is 4.31. The third-order valence-electron chi connectivity index (χ3n) is 2.77. The van der Waals surface area contributed by atoms with Gasteiger partial charge in [0, 0.05) is 23.6 Å². The number of halogens is 1. The van der Waals surface area contributed by atoms with E-state index in [2.05, 4.69) is 9.98 Å². The first-order valence-corrected chi connectivity index (χ1v) is 6.81. The van der Waals surface area contributed by atoms with Crippen molar-refractivity contribution >= 4 is 24.0 Å². The SMILES string of the molecule is Oc1ccccc1C=NCCN=Cc1cccc(Cl)c1O. The molecule has 2 rings (SSSR count). The lowest BCUT2D eigenvalue weighted by Crippen LogP contribution is -1.91. The highest BCUT2D eigenvalue weighted by Crippen LogP contribution is 2.25. The van der Waals surface area contributed by atoms with Crippen LogP contribution in [0.3, 0.4) is 0 Å². The second kappa shape index (κ2) is 7.45. The Kier molecular flexibility index (Phi) is 5.35. The van der Waals surface area contributed by atoms with Crippen LogP contribution in [0.4, 0.5) is 0 Å². The fourth-order valence-corrected chi connectivity index (χ4v) is 1.86. The average molecular weight is 303 g/mol. The van der Waals surface area contributed by atoms with Crippen molar-refractivity contribution in [2.45, 2.75) is 0 Å². The van der Waals surface area contributed by atoms with E-state index in [0.29, 0.717) is 29.2 Å². The van der Waals surface area contributed by atoms with Crippen LogP contribution in [0.5, 0.6) is 11.5 Å². The Bertz CT molecular complexity index is 669. The molecule has 0 heterocycles. The summed E-state index contributed by atoms with van der Waals surface area (Å²) in [5.74, 6) is 0.231. The van der Waals surface area contributed by atoms with E-state index in [4.69, 9.17) is 11.6 Å². The van der Waals surface area contributed by atoms with Crippen LogP contribution in [0.2, 0.25) is 5.02 Å². The third-order valence-corrected chi connectivity index (χ3v) is 3.08. The van der Waals surface area contributed by atoms with Gasteiger partial charge in [-0.3, -0.25) is 9.98 Å². The molecular weight excluding hydrogens is 288 g/mol. The van der Waals surface area contributed by atoms with E-state index < -0.39 is 0 Å². The highest BCUT2D eigenvalue weighted by molar-refractivity contribution is 6.32. The maximum Gasteiger partial charge on any atom is 0.142 e. The number of aromatic hydroxyl groups is 2. The first-order valence-electron chi connectivity index (χ1n) is 6.43. The summed E-state index contributed by atoms with van der Waals surface area (Å²) < 4.78 is 0. The van der Waals surface area contributed by atoms with Crippen molar-refractivity contribution in [3.8, 4) is 11.5 Å². The van der Waals surface area contributed by atoms with Gasteiger partial charge in [0.05, 0.1) is 18.1 Å². The minimum Gasteiger partial charge on any atom is -0.507 e. The molecule has 0 radical (unpaired) electrons. The number of benzene rings is 2. The van der Waals surface area contributed by atoms with Crippen LogP contribution in [0.1, 0.15) is 11.1 Å². The van der Waals surface area contributed by atoms with E-state index in [1.807, 2.05) is 6.07 Å². The van der Waals surface area contributed by atoms with Crippen LogP contribution in [-0.4, -0.2) is 35.7 Å². The van der Waals surface area contributed by atoms with Crippen molar-refractivity contribution in [2.75, 3.05) is 13.1 Å². The number of phenolic OH excluding ortho intramolecular Hbond substituents is 2. The highest BCUT2D eigenvalue weighted by Gasteiger charge is 2.01. The maximum absolute atomic E-state index is 9.70. The average Bonchev–Trinajstić information content (AvgIpc) is 2.48. The Hall–Kier alpha value is -2.33. The van der Waals surface area contributed by atoms with E-state index in [1.54, 1.807) is 48.8 Å². The summed E-state index contributed by atoms with van der Waals surface area (Å²) in [6.07, 6.45) is 3.18. The number of phenols is 2. The van der Waals surface area contributed by atoms with Gasteiger partial charge < -0.3 is 10.2 Å². The van der Waals surface area contributed by atoms with Gasteiger partial charge >= 0.3 is 0 Å². The van der Waals surface area contributed by atoms with Crippen molar-refractivity contribution < 1.29 is 10.2 Å². The normalized spacial score (nSPS) is 11.5. The van der Waals surface area contributed by atoms with Gasteiger partial charge in [-0.2, -0.15) is 0 Å². The predicted molar refractivity (Wildman–Crippen MR) is 86.1 cm³/mol. The fraction of sp³-hybridized carbons (Fsp3) is 0.125. The Balaban J connectivity index is 1.86. The Morgan fingerprint density at radius 1 is 0.857 bits per heavy atom. The van der Waals surface area contributed by atoms with Crippen LogP contribution >= 0.6 is 11.6 Å². The molecule has 0 spiro atoms. The van der Waals surface area contributed by atoms with Crippen molar-refractivity contribution in [2.24, 2.45) is 9.98 Å². The highest BCUT2D eigenvalue weighted by atomic mass is 35.5. The molecule has 2 N–H and O–H groups in total. The van der Waals surface area contributed by atoms with Gasteiger partial charge in [-0.05, 0) is 24.3 Å². The van der Waals surface area contributed by atoms with Crippen molar-refractivity contribution in [3.05, 3.63) is 58.6 Å². The van der Waals surface area contributed by atoms with Gasteiger partial charge in [0.25, 0.3) is 0 Å². The van der Waals surface area contributed by atoms with E-state index in [9.17, 15) is 10.2 Å². The number of hydrogen-bond acceptors (Lipinski definition) is 4. The molecule has 108 valence electrons. The smallest absolute Gasteiger partial charge is 0.142 e. The zero-order valence-electron chi connectivity index (χ0n) is 11.3. The van der Waals surface area contributed by atoms with Crippen LogP contribution in [-0.2, 0) is 0 Å². The summed E-state index contributed by atoms with van der Waals surface area (Å²) >= 11 is 5.80. The van der Waals surface area contributed by atoms with E-state index >= 15 is 0 Å². The molecule has 0 atom stereocenters. The molecule has 0 amide bonds. The van der Waals surface area contributed by atoms with E-state index in [-0.39, 0.29) is 11.5 Å². The summed E-state index contributed by atoms with van der Waals surface area (Å²) in [5, 5.41) is 19.6. The number of rotatable bonds is 5. The van der Waals surface area contributed by atoms with Crippen molar-refractivity contribution in [1.29, 1.82) is 0 Å². The van der Waals surface area contributed by atoms with E-state index in [1.165, 1.54) is 0 Å². The Labute approximate surface area is 128 Å². The maximum atomic E-state index is 9.70. The zero-order chi connectivity index (χ0) is 15.1. The first kappa shape index (κ1) is 15.1. The van der Waals surface area contributed by atoms with Crippen LogP contribution < -0.4 is 0 Å². The molecule has 0 saturated heterocycles. The molecule has 21 heavy (non-hydrogen) atoms. The first-order chi connectivity index (χ1) is 10.2. The molecule has 0 fully saturated rings. The monoisotopic (exact) mass is 302 g/mol. The third kappa shape index (κ3) is 4.33. The minimum absolute atomic E-state index is 0.0284. The van der Waals surface area contributed by atoms with Gasteiger partial charge in [0.2, 0.25) is 0 Å². The number of hydrogen-bond donors (Lipinski definition) is 2. The lowest BCUT2D eigenvalue weighted by Gasteiger charge is -1.99. The molecule has 4 nitrogen and oxygen atoms in total. The summed E-state index contributed by atoms with van der Waals surface area (Å²) in [5.41, 5.74) is 1.25. The lowest BCUT2D eigenvalue weighted by molar-refractivity contribution is 0.474. The van der Waals surface area contributed by atoms with Gasteiger partial charge in [-0.25, -0.2) is 0 Å². The minimum atomic E-state index is 0.0284. The predicted octanol–water partition coefficient (Wildman–Crippen LogP) is 3.29. The van der Waals surface area contributed by atoms with Gasteiger partial charge in [-0.1, -0.05) is 29.8 Å². The number of para-hydroxylation sites is 2. The second-order valence-corrected chi connectivity index (χ2v) is 4.71. The molecule has 0 aromatic heterocycles. The molecule has 5 heteroatoms. The van der Waals surface area contributed by atoms with Gasteiger partial charge in [-0.15, -0.1) is 0 Å². The molecule has 0 aliphatic heterocycles. The Morgan fingerprint density at radius 3 is 2.19 bits per heavy atom. The largest absolute Gasteiger partial charge is 0.507 e. The van der Waals surface area contributed by atoms with Crippen LogP contribution in [0.15, 0.2) is 52.4 Å². The van der Waals surface area contributed by atoms with Crippen molar-refractivity contribution in [1.82, 2.24) is 0 Å². The van der Waals surface area contributed by atoms with Crippen LogP contribution in [0.25, 0.3) is 0 Å². The zero-order valence-corrected chi connectivity index (χ0v) is 12.0.